The van der Waals surface area contributed by atoms with Crippen LogP contribution in [0, 0.1) is 0 Å². The average Bonchev–Trinajstić information content (AvgIpc) is 3.03. The Morgan fingerprint density at radius 2 is 2.08 bits per heavy atom. The highest BCUT2D eigenvalue weighted by atomic mass is 16.5. The molecule has 2 N–H and O–H groups in total. The van der Waals surface area contributed by atoms with E-state index in [-0.39, 0.29) is 18.1 Å². The number of ether oxygens (including phenoxy) is 2. The lowest BCUT2D eigenvalue weighted by atomic mass is 10.1. The highest BCUT2D eigenvalue weighted by molar-refractivity contribution is 5.84. The van der Waals surface area contributed by atoms with Gasteiger partial charge in [0.15, 0.2) is 5.69 Å². The van der Waals surface area contributed by atoms with Crippen molar-refractivity contribution in [2.45, 2.75) is 13.0 Å². The van der Waals surface area contributed by atoms with E-state index in [2.05, 4.69) is 15.6 Å². The number of carbonyl (C=O) groups excluding carboxylic acids is 1. The first-order valence-corrected chi connectivity index (χ1v) is 7.14. The van der Waals surface area contributed by atoms with Crippen LogP contribution < -0.4 is 14.8 Å². The van der Waals surface area contributed by atoms with E-state index in [4.69, 9.17) is 14.6 Å². The van der Waals surface area contributed by atoms with E-state index < -0.39 is 5.97 Å². The SMILES string of the molecule is COc1ccc(CCNC(=O)Cn2cc(C(=O)O)nn2)c(OC)c1. The average molecular weight is 334 g/mol. The Bertz CT molecular complexity index is 728. The number of hydrogen-bond donors (Lipinski definition) is 2. The van der Waals surface area contributed by atoms with Crippen molar-refractivity contribution in [3.05, 3.63) is 35.7 Å². The van der Waals surface area contributed by atoms with Crippen molar-refractivity contribution in [2.24, 2.45) is 0 Å². The lowest BCUT2D eigenvalue weighted by Crippen LogP contribution is -2.29. The topological polar surface area (TPSA) is 116 Å². The Morgan fingerprint density at radius 3 is 2.71 bits per heavy atom. The molecule has 2 aromatic rings. The third kappa shape index (κ3) is 4.45. The monoisotopic (exact) mass is 334 g/mol. The molecule has 1 heterocycles. The van der Waals surface area contributed by atoms with Crippen molar-refractivity contribution < 1.29 is 24.2 Å². The number of aromatic nitrogens is 3. The number of carboxylic acids is 1. The van der Waals surface area contributed by atoms with Gasteiger partial charge < -0.3 is 19.9 Å². The Morgan fingerprint density at radius 1 is 1.29 bits per heavy atom. The fraction of sp³-hybridized carbons (Fsp3) is 0.333. The summed E-state index contributed by atoms with van der Waals surface area (Å²) in [6.45, 7) is 0.308. The Hall–Kier alpha value is -3.10. The lowest BCUT2D eigenvalue weighted by molar-refractivity contribution is -0.121. The number of nitrogens with one attached hydrogen (secondary N) is 1. The molecule has 0 aliphatic heterocycles. The second kappa shape index (κ2) is 7.95. The van der Waals surface area contributed by atoms with Crippen LogP contribution in [0.5, 0.6) is 11.5 Å². The minimum atomic E-state index is -1.19. The van der Waals surface area contributed by atoms with Crippen LogP contribution in [-0.4, -0.2) is 52.7 Å². The van der Waals surface area contributed by atoms with Gasteiger partial charge in [-0.2, -0.15) is 0 Å². The largest absolute Gasteiger partial charge is 0.497 e. The molecule has 0 aliphatic carbocycles. The normalized spacial score (nSPS) is 10.2. The molecule has 1 aromatic carbocycles. The minimum Gasteiger partial charge on any atom is -0.497 e. The molecule has 0 fully saturated rings. The first kappa shape index (κ1) is 17.3. The van der Waals surface area contributed by atoms with E-state index >= 15 is 0 Å². The van der Waals surface area contributed by atoms with Gasteiger partial charge in [-0.3, -0.25) is 4.79 Å². The van der Waals surface area contributed by atoms with E-state index in [9.17, 15) is 9.59 Å². The molecule has 0 unspecified atom stereocenters. The van der Waals surface area contributed by atoms with Gasteiger partial charge in [0.1, 0.15) is 18.0 Å². The molecule has 1 aromatic heterocycles. The molecule has 0 aliphatic rings. The van der Waals surface area contributed by atoms with Crippen molar-refractivity contribution in [2.75, 3.05) is 20.8 Å². The summed E-state index contributed by atoms with van der Waals surface area (Å²) < 4.78 is 11.6. The molecule has 9 nitrogen and oxygen atoms in total. The molecule has 24 heavy (non-hydrogen) atoms. The van der Waals surface area contributed by atoms with E-state index in [0.29, 0.717) is 24.5 Å². The summed E-state index contributed by atoms with van der Waals surface area (Å²) in [5.74, 6) is -0.0939. The molecule has 0 spiro atoms. The van der Waals surface area contributed by atoms with Crippen LogP contribution in [0.2, 0.25) is 0 Å². The van der Waals surface area contributed by atoms with Crippen LogP contribution in [0.1, 0.15) is 16.1 Å². The van der Waals surface area contributed by atoms with Gasteiger partial charge in [-0.1, -0.05) is 11.3 Å². The van der Waals surface area contributed by atoms with Gasteiger partial charge in [0, 0.05) is 12.6 Å². The molecule has 0 saturated heterocycles. The highest BCUT2D eigenvalue weighted by Gasteiger charge is 2.11. The first-order valence-electron chi connectivity index (χ1n) is 7.14. The molecular formula is C15H18N4O5. The number of hydrogen-bond acceptors (Lipinski definition) is 6. The first-order chi connectivity index (χ1) is 11.5. The molecule has 0 bridgehead atoms. The minimum absolute atomic E-state index is 0.0972. The summed E-state index contributed by atoms with van der Waals surface area (Å²) >= 11 is 0. The number of methoxy groups -OCH3 is 2. The van der Waals surface area contributed by atoms with Crippen LogP contribution in [0.3, 0.4) is 0 Å². The van der Waals surface area contributed by atoms with E-state index in [1.807, 2.05) is 12.1 Å². The number of benzene rings is 1. The fourth-order valence-electron chi connectivity index (χ4n) is 2.07. The molecular weight excluding hydrogens is 316 g/mol. The van der Waals surface area contributed by atoms with Crippen LogP contribution in [0.4, 0.5) is 0 Å². The molecule has 0 radical (unpaired) electrons. The van der Waals surface area contributed by atoms with Gasteiger partial charge in [0.2, 0.25) is 5.91 Å². The number of aromatic carboxylic acids is 1. The van der Waals surface area contributed by atoms with Gasteiger partial charge in [0.05, 0.1) is 20.4 Å². The quantitative estimate of drug-likeness (QED) is 0.715. The van der Waals surface area contributed by atoms with Gasteiger partial charge in [0.25, 0.3) is 0 Å². The van der Waals surface area contributed by atoms with Crippen molar-refractivity contribution in [3.63, 3.8) is 0 Å². The zero-order chi connectivity index (χ0) is 17.5. The highest BCUT2D eigenvalue weighted by Crippen LogP contribution is 2.24. The molecule has 9 heteroatoms. The second-order valence-corrected chi connectivity index (χ2v) is 4.88. The Balaban J connectivity index is 1.85. The fourth-order valence-corrected chi connectivity index (χ4v) is 2.07. The smallest absolute Gasteiger partial charge is 0.358 e. The van der Waals surface area contributed by atoms with Crippen LogP contribution in [0.15, 0.2) is 24.4 Å². The van der Waals surface area contributed by atoms with Crippen molar-refractivity contribution in [1.82, 2.24) is 20.3 Å². The summed E-state index contributed by atoms with van der Waals surface area (Å²) in [4.78, 5) is 22.5. The summed E-state index contributed by atoms with van der Waals surface area (Å²) in [5.41, 5.74) is 0.735. The van der Waals surface area contributed by atoms with E-state index in [0.717, 1.165) is 5.56 Å². The second-order valence-electron chi connectivity index (χ2n) is 4.88. The Labute approximate surface area is 138 Å². The van der Waals surface area contributed by atoms with E-state index in [1.165, 1.54) is 10.9 Å². The van der Waals surface area contributed by atoms with Gasteiger partial charge in [-0.25, -0.2) is 9.48 Å². The van der Waals surface area contributed by atoms with Gasteiger partial charge in [-0.05, 0) is 18.1 Å². The van der Waals surface area contributed by atoms with Crippen LogP contribution in [0.25, 0.3) is 0 Å². The summed E-state index contributed by atoms with van der Waals surface area (Å²) in [6.07, 6.45) is 1.78. The maximum Gasteiger partial charge on any atom is 0.358 e. The number of rotatable bonds is 8. The van der Waals surface area contributed by atoms with Gasteiger partial charge in [-0.15, -0.1) is 5.10 Å². The lowest BCUT2D eigenvalue weighted by Gasteiger charge is -2.11. The van der Waals surface area contributed by atoms with Gasteiger partial charge >= 0.3 is 5.97 Å². The zero-order valence-electron chi connectivity index (χ0n) is 13.4. The number of nitrogens with zero attached hydrogens (tertiary/aromatic N) is 3. The zero-order valence-corrected chi connectivity index (χ0v) is 13.4. The molecule has 0 saturated carbocycles. The molecule has 1 amide bonds. The Kier molecular flexibility index (Phi) is 5.72. The number of carbonyl (C=O) groups is 2. The molecule has 0 atom stereocenters. The number of carboxylic acid groups (broad SMARTS) is 1. The van der Waals surface area contributed by atoms with Crippen LogP contribution in [-0.2, 0) is 17.8 Å². The summed E-state index contributed by atoms with van der Waals surface area (Å²) in [6, 6.07) is 5.48. The molecule has 2 rings (SSSR count). The third-order valence-electron chi connectivity index (χ3n) is 3.27. The summed E-state index contributed by atoms with van der Waals surface area (Å²) in [5, 5.41) is 18.5. The van der Waals surface area contributed by atoms with Crippen molar-refractivity contribution >= 4 is 11.9 Å². The molecule has 128 valence electrons. The predicted molar refractivity (Wildman–Crippen MR) is 83.2 cm³/mol. The van der Waals surface area contributed by atoms with Crippen molar-refractivity contribution in [3.8, 4) is 11.5 Å². The van der Waals surface area contributed by atoms with Crippen LogP contribution >= 0.6 is 0 Å². The third-order valence-corrected chi connectivity index (χ3v) is 3.27. The maximum absolute atomic E-state index is 11.8. The van der Waals surface area contributed by atoms with E-state index in [1.54, 1.807) is 20.3 Å². The summed E-state index contributed by atoms with van der Waals surface area (Å²) in [7, 11) is 3.15. The standard InChI is InChI=1S/C15H18N4O5/c1-23-11-4-3-10(13(7-11)24-2)5-6-16-14(20)9-19-8-12(15(21)22)17-18-19/h3-4,7-8H,5-6,9H2,1-2H3,(H,16,20)(H,21,22). The van der Waals surface area contributed by atoms with Crippen molar-refractivity contribution in [1.29, 1.82) is 0 Å². The maximum atomic E-state index is 11.8. The number of amides is 1. The predicted octanol–water partition coefficient (Wildman–Crippen LogP) is 0.352.